The molecule has 8 nitrogen and oxygen atoms in total. The summed E-state index contributed by atoms with van der Waals surface area (Å²) in [5, 5.41) is 7.96. The van der Waals surface area contributed by atoms with Crippen molar-refractivity contribution in [2.45, 2.75) is 31.8 Å². The van der Waals surface area contributed by atoms with Gasteiger partial charge < -0.3 is 9.15 Å². The Hall–Kier alpha value is -4.05. The minimum absolute atomic E-state index is 0.0146. The molecule has 0 bridgehead atoms. The highest BCUT2D eigenvalue weighted by Crippen LogP contribution is 2.25. The number of benzene rings is 3. The summed E-state index contributed by atoms with van der Waals surface area (Å²) in [6.45, 7) is 4.96. The molecule has 0 amide bonds. The molecule has 1 atom stereocenters. The maximum Gasteiger partial charge on any atom is 0.338 e. The minimum Gasteiger partial charge on any atom is -0.449 e. The smallest absolute Gasteiger partial charge is 0.338 e. The molecular weight excluding hydrogens is 473 g/mol. The summed E-state index contributed by atoms with van der Waals surface area (Å²) in [5.41, 5.74) is 2.26. The van der Waals surface area contributed by atoms with Crippen LogP contribution in [0.2, 0.25) is 0 Å². The van der Waals surface area contributed by atoms with Gasteiger partial charge in [0.15, 0.2) is 6.10 Å². The number of rotatable bonds is 7. The first-order valence-corrected chi connectivity index (χ1v) is 12.1. The quantitative estimate of drug-likeness (QED) is 0.350. The van der Waals surface area contributed by atoms with Gasteiger partial charge in [0.25, 0.3) is 15.9 Å². The average molecular weight is 496 g/mol. The SMILES string of the molecule is Cc1ccc(-c2nnc(C(C)OC(=O)c3ccc(NS(=O)(=O)c4cccc(F)c4C)cc3)o2)cc1. The fourth-order valence-corrected chi connectivity index (χ4v) is 4.57. The van der Waals surface area contributed by atoms with Crippen molar-refractivity contribution in [3.05, 3.63) is 95.1 Å². The number of carbonyl (C=O) groups excluding carboxylic acids is 1. The number of esters is 1. The lowest BCUT2D eigenvalue weighted by Gasteiger charge is -2.12. The van der Waals surface area contributed by atoms with Crippen LogP contribution < -0.4 is 4.72 Å². The number of halogens is 1. The Balaban J connectivity index is 1.42. The number of ether oxygens (including phenoxy) is 1. The average Bonchev–Trinajstić information content (AvgIpc) is 3.32. The standard InChI is InChI=1S/C25H22FN3O5S/c1-15-7-9-18(10-8-15)24-28-27-23(34-24)17(3)33-25(30)19-11-13-20(14-12-19)29-35(31,32)22-6-4-5-21(26)16(22)2/h4-14,17,29H,1-3H3. The van der Waals surface area contributed by atoms with E-state index in [0.29, 0.717) is 5.89 Å². The van der Waals surface area contributed by atoms with Crippen molar-refractivity contribution >= 4 is 21.7 Å². The van der Waals surface area contributed by atoms with Crippen molar-refractivity contribution in [1.29, 1.82) is 0 Å². The van der Waals surface area contributed by atoms with E-state index in [0.717, 1.165) is 11.1 Å². The maximum absolute atomic E-state index is 13.8. The Morgan fingerprint density at radius 1 is 1.00 bits per heavy atom. The van der Waals surface area contributed by atoms with E-state index in [-0.39, 0.29) is 27.6 Å². The molecule has 0 aliphatic heterocycles. The first-order valence-electron chi connectivity index (χ1n) is 10.6. The van der Waals surface area contributed by atoms with Gasteiger partial charge in [-0.15, -0.1) is 10.2 Å². The molecule has 3 aromatic carbocycles. The zero-order chi connectivity index (χ0) is 25.2. The van der Waals surface area contributed by atoms with Crippen LogP contribution in [0.25, 0.3) is 11.5 Å². The van der Waals surface area contributed by atoms with Crippen LogP contribution in [-0.2, 0) is 14.8 Å². The van der Waals surface area contributed by atoms with Crippen LogP contribution in [0.3, 0.4) is 0 Å². The lowest BCUT2D eigenvalue weighted by molar-refractivity contribution is 0.0280. The lowest BCUT2D eigenvalue weighted by atomic mass is 10.1. The fraction of sp³-hybridized carbons (Fsp3) is 0.160. The Labute approximate surface area is 201 Å². The molecule has 4 aromatic rings. The fourth-order valence-electron chi connectivity index (χ4n) is 3.25. The summed E-state index contributed by atoms with van der Waals surface area (Å²) in [6.07, 6.45) is -0.802. The molecular formula is C25H22FN3O5S. The van der Waals surface area contributed by atoms with Crippen LogP contribution in [0.1, 0.15) is 40.4 Å². The number of sulfonamides is 1. The van der Waals surface area contributed by atoms with Crippen molar-refractivity contribution in [1.82, 2.24) is 10.2 Å². The van der Waals surface area contributed by atoms with Crippen molar-refractivity contribution < 1.29 is 26.8 Å². The second-order valence-corrected chi connectivity index (χ2v) is 9.56. The summed E-state index contributed by atoms with van der Waals surface area (Å²) in [6, 6.07) is 17.0. The first-order chi connectivity index (χ1) is 16.6. The van der Waals surface area contributed by atoms with Gasteiger partial charge in [-0.3, -0.25) is 4.72 Å². The molecule has 1 N–H and O–H groups in total. The van der Waals surface area contributed by atoms with E-state index in [1.54, 1.807) is 6.92 Å². The van der Waals surface area contributed by atoms with Crippen LogP contribution in [-0.4, -0.2) is 24.6 Å². The third kappa shape index (κ3) is 5.38. The molecule has 0 spiro atoms. The summed E-state index contributed by atoms with van der Waals surface area (Å²) in [5.74, 6) is -0.813. The number of aromatic nitrogens is 2. The molecule has 180 valence electrons. The minimum atomic E-state index is -4.01. The van der Waals surface area contributed by atoms with Crippen LogP contribution in [0, 0.1) is 19.7 Å². The third-order valence-corrected chi connectivity index (χ3v) is 6.78. The Morgan fingerprint density at radius 3 is 2.37 bits per heavy atom. The first kappa shape index (κ1) is 24.1. The molecule has 0 saturated heterocycles. The highest BCUT2D eigenvalue weighted by Gasteiger charge is 2.21. The van der Waals surface area contributed by atoms with Crippen LogP contribution >= 0.6 is 0 Å². The zero-order valence-electron chi connectivity index (χ0n) is 19.2. The van der Waals surface area contributed by atoms with Gasteiger partial charge in [-0.25, -0.2) is 17.6 Å². The van der Waals surface area contributed by atoms with E-state index < -0.39 is 27.9 Å². The van der Waals surface area contributed by atoms with Gasteiger partial charge in [0.2, 0.25) is 5.89 Å². The predicted molar refractivity (Wildman–Crippen MR) is 127 cm³/mol. The molecule has 0 saturated carbocycles. The number of nitrogens with zero attached hydrogens (tertiary/aromatic N) is 2. The molecule has 1 aromatic heterocycles. The van der Waals surface area contributed by atoms with Crippen molar-refractivity contribution in [3.63, 3.8) is 0 Å². The van der Waals surface area contributed by atoms with Gasteiger partial charge in [-0.2, -0.15) is 0 Å². The molecule has 4 rings (SSSR count). The monoisotopic (exact) mass is 495 g/mol. The van der Waals surface area contributed by atoms with Crippen LogP contribution in [0.4, 0.5) is 10.1 Å². The molecule has 0 fully saturated rings. The van der Waals surface area contributed by atoms with Gasteiger partial charge in [0.05, 0.1) is 10.5 Å². The van der Waals surface area contributed by atoms with Crippen molar-refractivity contribution in [3.8, 4) is 11.5 Å². The van der Waals surface area contributed by atoms with Gasteiger partial charge in [-0.05, 0) is 69.3 Å². The van der Waals surface area contributed by atoms with Crippen LogP contribution in [0.5, 0.6) is 0 Å². The largest absolute Gasteiger partial charge is 0.449 e. The second-order valence-electron chi connectivity index (χ2n) is 7.90. The number of carbonyl (C=O) groups is 1. The summed E-state index contributed by atoms with van der Waals surface area (Å²) in [7, 11) is -4.01. The third-order valence-electron chi connectivity index (χ3n) is 5.25. The summed E-state index contributed by atoms with van der Waals surface area (Å²) < 4.78 is 52.4. The van der Waals surface area contributed by atoms with E-state index in [9.17, 15) is 17.6 Å². The van der Waals surface area contributed by atoms with Gasteiger partial charge in [0, 0.05) is 16.8 Å². The van der Waals surface area contributed by atoms with E-state index >= 15 is 0 Å². The van der Waals surface area contributed by atoms with Crippen molar-refractivity contribution in [2.75, 3.05) is 4.72 Å². The zero-order valence-corrected chi connectivity index (χ0v) is 20.0. The summed E-state index contributed by atoms with van der Waals surface area (Å²) >= 11 is 0. The topological polar surface area (TPSA) is 111 Å². The summed E-state index contributed by atoms with van der Waals surface area (Å²) in [4.78, 5) is 12.4. The number of hydrogen-bond donors (Lipinski definition) is 1. The molecule has 10 heteroatoms. The maximum atomic E-state index is 13.8. The number of nitrogens with one attached hydrogen (secondary N) is 1. The second kappa shape index (κ2) is 9.67. The Bertz CT molecular complexity index is 1470. The molecule has 1 heterocycles. The van der Waals surface area contributed by atoms with E-state index in [4.69, 9.17) is 9.15 Å². The molecule has 35 heavy (non-hydrogen) atoms. The molecule has 0 radical (unpaired) electrons. The Kier molecular flexibility index (Phi) is 6.65. The van der Waals surface area contributed by atoms with Crippen LogP contribution in [0.15, 0.2) is 76.0 Å². The lowest BCUT2D eigenvalue weighted by Crippen LogP contribution is -2.15. The molecule has 0 aliphatic rings. The van der Waals surface area contributed by atoms with Gasteiger partial charge in [-0.1, -0.05) is 23.8 Å². The number of hydrogen-bond acceptors (Lipinski definition) is 7. The highest BCUT2D eigenvalue weighted by atomic mass is 32.2. The Morgan fingerprint density at radius 2 is 1.69 bits per heavy atom. The van der Waals surface area contributed by atoms with E-state index in [2.05, 4.69) is 14.9 Å². The molecule has 0 aliphatic carbocycles. The van der Waals surface area contributed by atoms with E-state index in [1.165, 1.54) is 49.4 Å². The van der Waals surface area contributed by atoms with E-state index in [1.807, 2.05) is 31.2 Å². The molecule has 1 unspecified atom stereocenters. The van der Waals surface area contributed by atoms with Crippen molar-refractivity contribution in [2.24, 2.45) is 0 Å². The normalized spacial score (nSPS) is 12.2. The number of anilines is 1. The predicted octanol–water partition coefficient (Wildman–Crippen LogP) is 5.21. The highest BCUT2D eigenvalue weighted by molar-refractivity contribution is 7.92. The number of aryl methyl sites for hydroxylation is 1. The van der Waals surface area contributed by atoms with Gasteiger partial charge >= 0.3 is 5.97 Å². The van der Waals surface area contributed by atoms with Gasteiger partial charge in [0.1, 0.15) is 5.82 Å².